The van der Waals surface area contributed by atoms with Crippen LogP contribution in [0.15, 0.2) is 36.4 Å². The highest BCUT2D eigenvalue weighted by molar-refractivity contribution is 7.14. The molecule has 28 heavy (non-hydrogen) atoms. The standard InChI is InChI=1S/C21H24N2O4S/c1-14(24)22-13-18-7-8-19(28-18)21(26)23-11-9-16(10-12-23)20(25)15-3-5-17(27-2)6-4-15/h3-8,16H,9-13H2,1-2H3,(H,22,24). The monoisotopic (exact) mass is 400 g/mol. The Bertz CT molecular complexity index is 852. The number of hydrogen-bond donors (Lipinski definition) is 1. The van der Waals surface area contributed by atoms with Crippen LogP contribution in [0.5, 0.6) is 5.75 Å². The smallest absolute Gasteiger partial charge is 0.263 e. The summed E-state index contributed by atoms with van der Waals surface area (Å²) >= 11 is 1.40. The number of methoxy groups -OCH3 is 1. The molecule has 0 unspecified atom stereocenters. The molecule has 1 aliphatic rings. The number of thiophene rings is 1. The minimum Gasteiger partial charge on any atom is -0.497 e. The fraction of sp³-hybridized carbons (Fsp3) is 0.381. The number of ketones is 1. The summed E-state index contributed by atoms with van der Waals surface area (Å²) in [4.78, 5) is 39.9. The van der Waals surface area contributed by atoms with Gasteiger partial charge in [0.25, 0.3) is 5.91 Å². The van der Waals surface area contributed by atoms with Gasteiger partial charge < -0.3 is 15.0 Å². The number of amides is 2. The zero-order valence-electron chi connectivity index (χ0n) is 16.1. The molecule has 0 saturated carbocycles. The average molecular weight is 401 g/mol. The van der Waals surface area contributed by atoms with Crippen molar-refractivity contribution in [2.75, 3.05) is 20.2 Å². The van der Waals surface area contributed by atoms with Crippen molar-refractivity contribution in [1.82, 2.24) is 10.2 Å². The van der Waals surface area contributed by atoms with E-state index in [1.807, 2.05) is 11.0 Å². The zero-order valence-corrected chi connectivity index (χ0v) is 16.9. The van der Waals surface area contributed by atoms with Gasteiger partial charge in [0.15, 0.2) is 5.78 Å². The first-order valence-electron chi connectivity index (χ1n) is 9.28. The van der Waals surface area contributed by atoms with Gasteiger partial charge in [-0.05, 0) is 49.2 Å². The van der Waals surface area contributed by atoms with Crippen LogP contribution in [0.3, 0.4) is 0 Å². The van der Waals surface area contributed by atoms with E-state index in [0.717, 1.165) is 10.6 Å². The predicted octanol–water partition coefficient (Wildman–Crippen LogP) is 3.13. The molecule has 1 aliphatic heterocycles. The quantitative estimate of drug-likeness (QED) is 0.756. The van der Waals surface area contributed by atoms with E-state index in [0.29, 0.717) is 42.9 Å². The summed E-state index contributed by atoms with van der Waals surface area (Å²) in [6, 6.07) is 10.8. The van der Waals surface area contributed by atoms with Crippen molar-refractivity contribution in [1.29, 1.82) is 0 Å². The molecule has 3 rings (SSSR count). The summed E-state index contributed by atoms with van der Waals surface area (Å²) in [5.74, 6) is 0.699. The fourth-order valence-electron chi connectivity index (χ4n) is 3.29. The number of benzene rings is 1. The first-order valence-corrected chi connectivity index (χ1v) is 10.1. The zero-order chi connectivity index (χ0) is 20.1. The maximum Gasteiger partial charge on any atom is 0.263 e. The fourth-order valence-corrected chi connectivity index (χ4v) is 4.21. The molecule has 6 nitrogen and oxygen atoms in total. The van der Waals surface area contributed by atoms with Crippen molar-refractivity contribution < 1.29 is 19.1 Å². The van der Waals surface area contributed by atoms with Crippen LogP contribution in [0.2, 0.25) is 0 Å². The van der Waals surface area contributed by atoms with Gasteiger partial charge in [0.1, 0.15) is 5.75 Å². The second-order valence-electron chi connectivity index (χ2n) is 6.83. The Hall–Kier alpha value is -2.67. The Morgan fingerprint density at radius 2 is 1.79 bits per heavy atom. The Morgan fingerprint density at radius 3 is 2.39 bits per heavy atom. The third-order valence-electron chi connectivity index (χ3n) is 4.91. The van der Waals surface area contributed by atoms with Crippen LogP contribution in [0.25, 0.3) is 0 Å². The van der Waals surface area contributed by atoms with Gasteiger partial charge in [0.05, 0.1) is 18.5 Å². The molecule has 0 aliphatic carbocycles. The number of nitrogens with zero attached hydrogens (tertiary/aromatic N) is 1. The van der Waals surface area contributed by atoms with E-state index < -0.39 is 0 Å². The Balaban J connectivity index is 1.55. The van der Waals surface area contributed by atoms with E-state index in [-0.39, 0.29) is 23.5 Å². The van der Waals surface area contributed by atoms with Crippen LogP contribution in [0, 0.1) is 5.92 Å². The van der Waals surface area contributed by atoms with Gasteiger partial charge in [-0.25, -0.2) is 0 Å². The topological polar surface area (TPSA) is 75.7 Å². The summed E-state index contributed by atoms with van der Waals surface area (Å²) in [6.07, 6.45) is 1.33. The highest BCUT2D eigenvalue weighted by atomic mass is 32.1. The van der Waals surface area contributed by atoms with E-state index in [1.54, 1.807) is 37.4 Å². The number of carbonyl (C=O) groups excluding carboxylic acids is 3. The molecule has 0 bridgehead atoms. The number of ether oxygens (including phenoxy) is 1. The molecule has 1 fully saturated rings. The SMILES string of the molecule is COc1ccc(C(=O)C2CCN(C(=O)c3ccc(CNC(C)=O)s3)CC2)cc1. The third-order valence-corrected chi connectivity index (χ3v) is 5.98. The molecule has 1 aromatic heterocycles. The van der Waals surface area contributed by atoms with E-state index in [2.05, 4.69) is 5.32 Å². The molecule has 1 N–H and O–H groups in total. The van der Waals surface area contributed by atoms with Crippen LogP contribution >= 0.6 is 11.3 Å². The van der Waals surface area contributed by atoms with Crippen LogP contribution in [-0.4, -0.2) is 42.7 Å². The van der Waals surface area contributed by atoms with Gasteiger partial charge >= 0.3 is 0 Å². The number of carbonyl (C=O) groups is 3. The molecule has 0 radical (unpaired) electrons. The van der Waals surface area contributed by atoms with Crippen molar-refractivity contribution in [3.8, 4) is 5.75 Å². The lowest BCUT2D eigenvalue weighted by molar-refractivity contribution is -0.119. The highest BCUT2D eigenvalue weighted by Gasteiger charge is 2.29. The Labute approximate surface area is 168 Å². The minimum absolute atomic E-state index is 0.00517. The molecule has 7 heteroatoms. The molecule has 0 spiro atoms. The Kier molecular flexibility index (Phi) is 6.46. The molecular formula is C21H24N2O4S. The van der Waals surface area contributed by atoms with E-state index in [4.69, 9.17) is 4.74 Å². The first-order chi connectivity index (χ1) is 13.5. The minimum atomic E-state index is -0.0927. The summed E-state index contributed by atoms with van der Waals surface area (Å²) in [6.45, 7) is 3.05. The van der Waals surface area contributed by atoms with Gasteiger partial charge in [-0.1, -0.05) is 0 Å². The number of Topliss-reactive ketones (excluding diaryl/α,β-unsaturated/α-hetero) is 1. The van der Waals surface area contributed by atoms with Gasteiger partial charge in [-0.3, -0.25) is 14.4 Å². The second-order valence-corrected chi connectivity index (χ2v) is 8.00. The maximum atomic E-state index is 12.7. The lowest BCUT2D eigenvalue weighted by Gasteiger charge is -2.31. The number of piperidine rings is 1. The lowest BCUT2D eigenvalue weighted by Crippen LogP contribution is -2.40. The lowest BCUT2D eigenvalue weighted by atomic mass is 9.89. The summed E-state index contributed by atoms with van der Waals surface area (Å²) in [7, 11) is 1.60. The van der Waals surface area contributed by atoms with Crippen LogP contribution in [-0.2, 0) is 11.3 Å². The van der Waals surface area contributed by atoms with Crippen molar-refractivity contribution in [2.45, 2.75) is 26.3 Å². The first kappa shape index (κ1) is 20.1. The van der Waals surface area contributed by atoms with E-state index >= 15 is 0 Å². The average Bonchev–Trinajstić information content (AvgIpc) is 3.20. The summed E-state index contributed by atoms with van der Waals surface area (Å²) in [5, 5.41) is 2.74. The normalized spacial score (nSPS) is 14.6. The largest absolute Gasteiger partial charge is 0.497 e. The second kappa shape index (κ2) is 9.01. The third kappa shape index (κ3) is 4.78. The van der Waals surface area contributed by atoms with Gasteiger partial charge in [-0.2, -0.15) is 0 Å². The molecule has 1 saturated heterocycles. The molecule has 0 atom stereocenters. The van der Waals surface area contributed by atoms with Crippen molar-refractivity contribution in [3.05, 3.63) is 51.7 Å². The van der Waals surface area contributed by atoms with E-state index in [1.165, 1.54) is 18.3 Å². The molecule has 2 aromatic rings. The van der Waals surface area contributed by atoms with Crippen molar-refractivity contribution in [3.63, 3.8) is 0 Å². The number of likely N-dealkylation sites (tertiary alicyclic amines) is 1. The summed E-state index contributed by atoms with van der Waals surface area (Å²) in [5.41, 5.74) is 0.687. The van der Waals surface area contributed by atoms with Gasteiger partial charge in [-0.15, -0.1) is 11.3 Å². The Morgan fingerprint density at radius 1 is 1.11 bits per heavy atom. The maximum absolute atomic E-state index is 12.7. The number of hydrogen-bond acceptors (Lipinski definition) is 5. The molecule has 2 amide bonds. The van der Waals surface area contributed by atoms with Crippen LogP contribution in [0.4, 0.5) is 0 Å². The molecule has 148 valence electrons. The molecular weight excluding hydrogens is 376 g/mol. The molecule has 2 heterocycles. The number of rotatable bonds is 6. The van der Waals surface area contributed by atoms with Gasteiger partial charge in [0, 0.05) is 36.4 Å². The van der Waals surface area contributed by atoms with Crippen molar-refractivity contribution in [2.24, 2.45) is 5.92 Å². The van der Waals surface area contributed by atoms with Gasteiger partial charge in [0.2, 0.25) is 5.91 Å². The van der Waals surface area contributed by atoms with Crippen LogP contribution < -0.4 is 10.1 Å². The van der Waals surface area contributed by atoms with E-state index in [9.17, 15) is 14.4 Å². The summed E-state index contributed by atoms with van der Waals surface area (Å²) < 4.78 is 5.13. The van der Waals surface area contributed by atoms with Crippen LogP contribution in [0.1, 0.15) is 44.7 Å². The number of nitrogens with one attached hydrogen (secondary N) is 1. The molecule has 1 aromatic carbocycles. The van der Waals surface area contributed by atoms with Crippen molar-refractivity contribution >= 4 is 28.9 Å². The predicted molar refractivity (Wildman–Crippen MR) is 108 cm³/mol. The highest BCUT2D eigenvalue weighted by Crippen LogP contribution is 2.25.